The maximum Gasteiger partial charge on any atom is 0.251 e. The fourth-order valence-electron chi connectivity index (χ4n) is 2.27. The summed E-state index contributed by atoms with van der Waals surface area (Å²) in [6.45, 7) is 7.24. The molecule has 3 N–H and O–H groups in total. The van der Waals surface area contributed by atoms with Gasteiger partial charge in [0.25, 0.3) is 5.91 Å². The molecule has 0 atom stereocenters. The summed E-state index contributed by atoms with van der Waals surface area (Å²) in [5.41, 5.74) is 7.37. The number of nitrogens with one attached hydrogen (secondary N) is 1. The van der Waals surface area contributed by atoms with E-state index in [1.54, 1.807) is 12.1 Å². The topological polar surface area (TPSA) is 81.4 Å². The number of rotatable bonds is 6. The molecule has 0 aromatic heterocycles. The summed E-state index contributed by atoms with van der Waals surface area (Å²) in [7, 11) is 0. The van der Waals surface area contributed by atoms with Crippen molar-refractivity contribution < 1.29 is 14.3 Å². The summed E-state index contributed by atoms with van der Waals surface area (Å²) in [6.07, 6.45) is 0. The second-order valence-corrected chi connectivity index (χ2v) is 6.82. The van der Waals surface area contributed by atoms with Gasteiger partial charge in [-0.05, 0) is 47.4 Å². The van der Waals surface area contributed by atoms with Crippen molar-refractivity contribution >= 4 is 11.8 Å². The van der Waals surface area contributed by atoms with Crippen LogP contribution in [-0.2, 0) is 5.41 Å². The van der Waals surface area contributed by atoms with E-state index in [1.807, 2.05) is 24.3 Å². The van der Waals surface area contributed by atoms with Crippen molar-refractivity contribution in [3.05, 3.63) is 65.2 Å². The molecule has 0 fully saturated rings. The van der Waals surface area contributed by atoms with Gasteiger partial charge in [0, 0.05) is 11.1 Å². The molecule has 0 unspecified atom stereocenters. The van der Waals surface area contributed by atoms with Gasteiger partial charge in [-0.25, -0.2) is 0 Å². The normalized spacial score (nSPS) is 11.0. The van der Waals surface area contributed by atoms with E-state index in [2.05, 4.69) is 26.1 Å². The van der Waals surface area contributed by atoms with E-state index in [1.165, 1.54) is 17.7 Å². The van der Waals surface area contributed by atoms with E-state index < -0.39 is 5.91 Å². The van der Waals surface area contributed by atoms with Gasteiger partial charge < -0.3 is 15.8 Å². The molecule has 25 heavy (non-hydrogen) atoms. The summed E-state index contributed by atoms with van der Waals surface area (Å²) < 4.78 is 5.63. The summed E-state index contributed by atoms with van der Waals surface area (Å²) >= 11 is 0. The van der Waals surface area contributed by atoms with Crippen LogP contribution < -0.4 is 15.8 Å². The Hall–Kier alpha value is -2.82. The molecule has 0 spiro atoms. The molecule has 2 aromatic carbocycles. The Morgan fingerprint density at radius 3 is 2.04 bits per heavy atom. The SMILES string of the molecule is CC(C)(C)c1ccc(OCCNC(=O)c2ccc(C(N)=O)cc2)cc1. The first-order valence-electron chi connectivity index (χ1n) is 8.19. The highest BCUT2D eigenvalue weighted by molar-refractivity contribution is 5.97. The summed E-state index contributed by atoms with van der Waals surface area (Å²) in [6, 6.07) is 14.2. The van der Waals surface area contributed by atoms with Gasteiger partial charge in [-0.1, -0.05) is 32.9 Å². The Kier molecular flexibility index (Phi) is 5.80. The number of nitrogens with two attached hydrogens (primary N) is 1. The predicted octanol–water partition coefficient (Wildman–Crippen LogP) is 2.89. The van der Waals surface area contributed by atoms with Gasteiger partial charge in [0.2, 0.25) is 5.91 Å². The highest BCUT2D eigenvalue weighted by atomic mass is 16.5. The Morgan fingerprint density at radius 1 is 0.960 bits per heavy atom. The number of carbonyl (C=O) groups excluding carboxylic acids is 2. The molecular formula is C20H24N2O3. The molecule has 0 radical (unpaired) electrons. The Bertz CT molecular complexity index is 729. The number of benzene rings is 2. The van der Waals surface area contributed by atoms with E-state index in [0.717, 1.165) is 5.75 Å². The van der Waals surface area contributed by atoms with Gasteiger partial charge >= 0.3 is 0 Å². The van der Waals surface area contributed by atoms with Crippen LogP contribution in [0.15, 0.2) is 48.5 Å². The highest BCUT2D eigenvalue weighted by Gasteiger charge is 2.13. The molecule has 0 aliphatic rings. The Morgan fingerprint density at radius 2 is 1.52 bits per heavy atom. The zero-order valence-electron chi connectivity index (χ0n) is 14.8. The third-order valence-corrected chi connectivity index (χ3v) is 3.81. The molecule has 0 saturated carbocycles. The third kappa shape index (κ3) is 5.35. The van der Waals surface area contributed by atoms with Crippen LogP contribution in [0.3, 0.4) is 0 Å². The van der Waals surface area contributed by atoms with Crippen LogP contribution >= 0.6 is 0 Å². The molecule has 2 amide bonds. The van der Waals surface area contributed by atoms with Gasteiger partial charge in [0.15, 0.2) is 0 Å². The lowest BCUT2D eigenvalue weighted by Gasteiger charge is -2.19. The van der Waals surface area contributed by atoms with Crippen molar-refractivity contribution in [2.24, 2.45) is 5.73 Å². The van der Waals surface area contributed by atoms with Gasteiger partial charge in [-0.2, -0.15) is 0 Å². The molecular weight excluding hydrogens is 316 g/mol. The molecule has 5 nitrogen and oxygen atoms in total. The Balaban J connectivity index is 1.78. The van der Waals surface area contributed by atoms with Crippen LogP contribution in [0.2, 0.25) is 0 Å². The third-order valence-electron chi connectivity index (χ3n) is 3.81. The van der Waals surface area contributed by atoms with E-state index in [0.29, 0.717) is 24.3 Å². The lowest BCUT2D eigenvalue weighted by atomic mass is 9.87. The summed E-state index contributed by atoms with van der Waals surface area (Å²) in [4.78, 5) is 23.0. The smallest absolute Gasteiger partial charge is 0.251 e. The standard InChI is InChI=1S/C20H24N2O3/c1-20(2,3)16-8-10-17(11-9-16)25-13-12-22-19(24)15-6-4-14(5-7-15)18(21)23/h4-11H,12-13H2,1-3H3,(H2,21,23)(H,22,24). The number of ether oxygens (including phenoxy) is 1. The number of hydrogen-bond acceptors (Lipinski definition) is 3. The van der Waals surface area contributed by atoms with Crippen LogP contribution in [0.25, 0.3) is 0 Å². The first-order valence-corrected chi connectivity index (χ1v) is 8.19. The molecule has 132 valence electrons. The van der Waals surface area contributed by atoms with Gasteiger partial charge in [-0.3, -0.25) is 9.59 Å². The molecule has 0 heterocycles. The number of amides is 2. The molecule has 5 heteroatoms. The van der Waals surface area contributed by atoms with Crippen LogP contribution in [-0.4, -0.2) is 25.0 Å². The lowest BCUT2D eigenvalue weighted by molar-refractivity contribution is 0.0944. The average Bonchev–Trinajstić information content (AvgIpc) is 2.58. The van der Waals surface area contributed by atoms with Crippen molar-refractivity contribution in [3.63, 3.8) is 0 Å². The van der Waals surface area contributed by atoms with Crippen molar-refractivity contribution in [2.75, 3.05) is 13.2 Å². The fourth-order valence-corrected chi connectivity index (χ4v) is 2.27. The number of carbonyl (C=O) groups is 2. The second-order valence-electron chi connectivity index (χ2n) is 6.82. The maximum atomic E-state index is 12.0. The van der Waals surface area contributed by atoms with E-state index in [9.17, 15) is 9.59 Å². The van der Waals surface area contributed by atoms with E-state index >= 15 is 0 Å². The van der Waals surface area contributed by atoms with E-state index in [-0.39, 0.29) is 11.3 Å². The van der Waals surface area contributed by atoms with Crippen molar-refractivity contribution in [3.8, 4) is 5.75 Å². The summed E-state index contributed by atoms with van der Waals surface area (Å²) in [5, 5.41) is 2.77. The summed E-state index contributed by atoms with van der Waals surface area (Å²) in [5.74, 6) is 0.0357. The predicted molar refractivity (Wildman–Crippen MR) is 97.9 cm³/mol. The first kappa shape index (κ1) is 18.5. The minimum absolute atomic E-state index is 0.108. The first-order chi connectivity index (χ1) is 11.8. The zero-order chi connectivity index (χ0) is 18.4. The van der Waals surface area contributed by atoms with Crippen molar-refractivity contribution in [1.82, 2.24) is 5.32 Å². The maximum absolute atomic E-state index is 12.0. The molecule has 2 rings (SSSR count). The van der Waals surface area contributed by atoms with Crippen LogP contribution in [0.1, 0.15) is 47.1 Å². The molecule has 2 aromatic rings. The van der Waals surface area contributed by atoms with Gasteiger partial charge in [0.1, 0.15) is 12.4 Å². The average molecular weight is 340 g/mol. The van der Waals surface area contributed by atoms with Gasteiger partial charge in [0.05, 0.1) is 6.54 Å². The highest BCUT2D eigenvalue weighted by Crippen LogP contribution is 2.24. The minimum atomic E-state index is -0.516. The number of hydrogen-bond donors (Lipinski definition) is 2. The number of primary amides is 1. The van der Waals surface area contributed by atoms with Gasteiger partial charge in [-0.15, -0.1) is 0 Å². The molecule has 0 bridgehead atoms. The van der Waals surface area contributed by atoms with Crippen molar-refractivity contribution in [2.45, 2.75) is 26.2 Å². The monoisotopic (exact) mass is 340 g/mol. The quantitative estimate of drug-likeness (QED) is 0.793. The second kappa shape index (κ2) is 7.83. The van der Waals surface area contributed by atoms with E-state index in [4.69, 9.17) is 10.5 Å². The lowest BCUT2D eigenvalue weighted by Crippen LogP contribution is -2.28. The zero-order valence-corrected chi connectivity index (χ0v) is 14.8. The largest absolute Gasteiger partial charge is 0.492 e. The Labute approximate surface area is 148 Å². The molecule has 0 saturated heterocycles. The fraction of sp³-hybridized carbons (Fsp3) is 0.300. The van der Waals surface area contributed by atoms with Crippen LogP contribution in [0.5, 0.6) is 5.75 Å². The van der Waals surface area contributed by atoms with Crippen LogP contribution in [0.4, 0.5) is 0 Å². The molecule has 0 aliphatic carbocycles. The van der Waals surface area contributed by atoms with Crippen molar-refractivity contribution in [1.29, 1.82) is 0 Å². The van der Waals surface area contributed by atoms with Crippen LogP contribution in [0, 0.1) is 0 Å². The minimum Gasteiger partial charge on any atom is -0.492 e. The molecule has 0 aliphatic heterocycles.